The first kappa shape index (κ1) is 16.9. The third-order valence-corrected chi connectivity index (χ3v) is 4.28. The van der Waals surface area contributed by atoms with Crippen molar-refractivity contribution >= 4 is 17.0 Å². The molecule has 0 unspecified atom stereocenters. The molecule has 0 atom stereocenters. The molecule has 24 heavy (non-hydrogen) atoms. The van der Waals surface area contributed by atoms with E-state index in [-0.39, 0.29) is 5.91 Å². The summed E-state index contributed by atoms with van der Waals surface area (Å²) >= 11 is 0. The molecule has 2 heterocycles. The third-order valence-electron chi connectivity index (χ3n) is 4.28. The van der Waals surface area contributed by atoms with Gasteiger partial charge in [-0.25, -0.2) is 4.98 Å². The van der Waals surface area contributed by atoms with Gasteiger partial charge in [0, 0.05) is 24.7 Å². The second kappa shape index (κ2) is 7.75. The van der Waals surface area contributed by atoms with Gasteiger partial charge in [0.05, 0.1) is 16.6 Å². The third kappa shape index (κ3) is 3.75. The lowest BCUT2D eigenvalue weighted by atomic mass is 10.1. The number of hydrogen-bond donors (Lipinski definition) is 2. The first-order chi connectivity index (χ1) is 11.7. The van der Waals surface area contributed by atoms with Crippen molar-refractivity contribution in [1.29, 1.82) is 0 Å². The highest BCUT2D eigenvalue weighted by Crippen LogP contribution is 2.40. The number of nitrogens with zero attached hydrogens (tertiary/aromatic N) is 2. The fraction of sp³-hybridized carbons (Fsp3) is 0.611. The van der Waals surface area contributed by atoms with Crippen LogP contribution in [0.25, 0.3) is 11.1 Å². The van der Waals surface area contributed by atoms with Crippen LogP contribution in [0, 0.1) is 0 Å². The van der Waals surface area contributed by atoms with Gasteiger partial charge in [0.1, 0.15) is 0 Å². The molecule has 0 aromatic carbocycles. The maximum Gasteiger partial charge on any atom is 0.259 e. The molecule has 0 radical (unpaired) electrons. The Kier molecular flexibility index (Phi) is 5.45. The molecule has 2 aromatic rings. The molecular weight excluding hydrogens is 304 g/mol. The van der Waals surface area contributed by atoms with E-state index in [1.54, 1.807) is 0 Å². The summed E-state index contributed by atoms with van der Waals surface area (Å²) in [4.78, 5) is 17.3. The van der Waals surface area contributed by atoms with Gasteiger partial charge in [-0.05, 0) is 38.3 Å². The van der Waals surface area contributed by atoms with Crippen molar-refractivity contribution in [3.63, 3.8) is 0 Å². The van der Waals surface area contributed by atoms with E-state index in [0.29, 0.717) is 23.7 Å². The molecule has 1 amide bonds. The summed E-state index contributed by atoms with van der Waals surface area (Å²) in [5, 5.41) is 11.2. The number of rotatable bonds is 9. The highest BCUT2D eigenvalue weighted by Gasteiger charge is 2.28. The van der Waals surface area contributed by atoms with E-state index in [1.807, 2.05) is 6.07 Å². The average molecular weight is 330 g/mol. The smallest absolute Gasteiger partial charge is 0.259 e. The topological polar surface area (TPSA) is 80.0 Å². The molecule has 0 bridgehead atoms. The predicted octanol–water partition coefficient (Wildman–Crippen LogP) is 2.78. The second-order valence-electron chi connectivity index (χ2n) is 6.43. The first-order valence-corrected chi connectivity index (χ1v) is 9.02. The van der Waals surface area contributed by atoms with Crippen LogP contribution in [0.4, 0.5) is 0 Å². The maximum atomic E-state index is 12.7. The molecule has 6 nitrogen and oxygen atoms in total. The number of fused-ring (bicyclic) bond motifs is 1. The van der Waals surface area contributed by atoms with Gasteiger partial charge in [0.25, 0.3) is 11.6 Å². The maximum absolute atomic E-state index is 12.7. The zero-order valence-corrected chi connectivity index (χ0v) is 14.5. The fourth-order valence-electron chi connectivity index (χ4n) is 2.87. The molecule has 6 heteroatoms. The van der Waals surface area contributed by atoms with Crippen LogP contribution in [-0.2, 0) is 6.42 Å². The van der Waals surface area contributed by atoms with E-state index in [4.69, 9.17) is 4.52 Å². The van der Waals surface area contributed by atoms with Gasteiger partial charge >= 0.3 is 0 Å². The minimum absolute atomic E-state index is 0.0665. The SMILES string of the molecule is CCCNCCNC(=O)c1cc(C2CC2)nc2onc(CCC)c12. The molecule has 0 saturated heterocycles. The van der Waals surface area contributed by atoms with Gasteiger partial charge in [-0.1, -0.05) is 25.4 Å². The summed E-state index contributed by atoms with van der Waals surface area (Å²) in [6, 6.07) is 1.94. The highest BCUT2D eigenvalue weighted by atomic mass is 16.5. The lowest BCUT2D eigenvalue weighted by molar-refractivity contribution is 0.0955. The van der Waals surface area contributed by atoms with Crippen molar-refractivity contribution in [2.24, 2.45) is 0 Å². The minimum atomic E-state index is -0.0665. The Morgan fingerprint density at radius 3 is 2.79 bits per heavy atom. The number of hydrogen-bond acceptors (Lipinski definition) is 5. The minimum Gasteiger partial charge on any atom is -0.351 e. The van der Waals surface area contributed by atoms with Crippen LogP contribution in [0.3, 0.4) is 0 Å². The van der Waals surface area contributed by atoms with Crippen molar-refractivity contribution in [2.75, 3.05) is 19.6 Å². The van der Waals surface area contributed by atoms with Gasteiger partial charge in [-0.3, -0.25) is 4.79 Å². The van der Waals surface area contributed by atoms with Gasteiger partial charge in [-0.15, -0.1) is 0 Å². The number of aryl methyl sites for hydroxylation is 1. The van der Waals surface area contributed by atoms with E-state index < -0.39 is 0 Å². The quantitative estimate of drug-likeness (QED) is 0.691. The lowest BCUT2D eigenvalue weighted by Crippen LogP contribution is -2.32. The van der Waals surface area contributed by atoms with Gasteiger partial charge in [0.15, 0.2) is 0 Å². The van der Waals surface area contributed by atoms with Crippen molar-refractivity contribution in [1.82, 2.24) is 20.8 Å². The number of carbonyl (C=O) groups is 1. The number of nitrogens with one attached hydrogen (secondary N) is 2. The van der Waals surface area contributed by atoms with Gasteiger partial charge in [0.2, 0.25) is 0 Å². The summed E-state index contributed by atoms with van der Waals surface area (Å²) in [7, 11) is 0. The number of carbonyl (C=O) groups excluding carboxylic acids is 1. The van der Waals surface area contributed by atoms with Crippen LogP contribution >= 0.6 is 0 Å². The van der Waals surface area contributed by atoms with Crippen molar-refractivity contribution in [2.45, 2.75) is 51.9 Å². The number of aromatic nitrogens is 2. The van der Waals surface area contributed by atoms with Crippen molar-refractivity contribution in [3.05, 3.63) is 23.0 Å². The first-order valence-electron chi connectivity index (χ1n) is 9.02. The van der Waals surface area contributed by atoms with E-state index in [9.17, 15) is 4.79 Å². The normalized spacial score (nSPS) is 14.2. The van der Waals surface area contributed by atoms with Crippen LogP contribution < -0.4 is 10.6 Å². The largest absolute Gasteiger partial charge is 0.351 e. The standard InChI is InChI=1S/C18H26N4O2/c1-3-5-14-16-13(17(23)20-10-9-19-8-4-2)11-15(12-6-7-12)21-18(16)24-22-14/h11-12,19H,3-10H2,1-2H3,(H,20,23). The molecule has 0 spiro atoms. The van der Waals surface area contributed by atoms with Crippen LogP contribution in [-0.4, -0.2) is 35.7 Å². The van der Waals surface area contributed by atoms with E-state index in [2.05, 4.69) is 34.6 Å². The Balaban J connectivity index is 1.83. The molecule has 1 aliphatic rings. The van der Waals surface area contributed by atoms with E-state index >= 15 is 0 Å². The van der Waals surface area contributed by atoms with Gasteiger partial charge < -0.3 is 15.2 Å². The Hall–Kier alpha value is -1.95. The molecule has 2 aromatic heterocycles. The monoisotopic (exact) mass is 330 g/mol. The summed E-state index contributed by atoms with van der Waals surface area (Å²) in [6.07, 6.45) is 5.10. The molecule has 3 rings (SSSR count). The van der Waals surface area contributed by atoms with Crippen LogP contribution in [0.5, 0.6) is 0 Å². The van der Waals surface area contributed by atoms with Crippen LogP contribution in [0.2, 0.25) is 0 Å². The second-order valence-corrected chi connectivity index (χ2v) is 6.43. The number of pyridine rings is 1. The molecule has 1 aliphatic carbocycles. The van der Waals surface area contributed by atoms with E-state index in [1.165, 1.54) is 0 Å². The number of amides is 1. The molecule has 130 valence electrons. The summed E-state index contributed by atoms with van der Waals surface area (Å²) in [6.45, 7) is 6.56. The zero-order chi connectivity index (χ0) is 16.9. The molecule has 1 fully saturated rings. The Morgan fingerprint density at radius 1 is 1.25 bits per heavy atom. The van der Waals surface area contributed by atoms with Crippen LogP contribution in [0.1, 0.15) is 67.2 Å². The predicted molar refractivity (Wildman–Crippen MR) is 93.3 cm³/mol. The average Bonchev–Trinajstić information content (AvgIpc) is 3.36. The van der Waals surface area contributed by atoms with Crippen molar-refractivity contribution < 1.29 is 9.32 Å². The van der Waals surface area contributed by atoms with Crippen molar-refractivity contribution in [3.8, 4) is 0 Å². The molecule has 0 aliphatic heterocycles. The molecule has 2 N–H and O–H groups in total. The molecule has 1 saturated carbocycles. The summed E-state index contributed by atoms with van der Waals surface area (Å²) < 4.78 is 5.42. The highest BCUT2D eigenvalue weighted by molar-refractivity contribution is 6.06. The van der Waals surface area contributed by atoms with Crippen LogP contribution in [0.15, 0.2) is 10.6 Å². The zero-order valence-electron chi connectivity index (χ0n) is 14.5. The summed E-state index contributed by atoms with van der Waals surface area (Å²) in [5.41, 5.74) is 2.94. The van der Waals surface area contributed by atoms with E-state index in [0.717, 1.165) is 62.0 Å². The molecular formula is C18H26N4O2. The fourth-order valence-corrected chi connectivity index (χ4v) is 2.87. The Labute approximate surface area is 142 Å². The Morgan fingerprint density at radius 2 is 2.08 bits per heavy atom. The summed E-state index contributed by atoms with van der Waals surface area (Å²) in [5.74, 6) is 0.398. The lowest BCUT2D eigenvalue weighted by Gasteiger charge is -2.09. The van der Waals surface area contributed by atoms with Gasteiger partial charge in [-0.2, -0.15) is 0 Å². The Bertz CT molecular complexity index is 706.